The minimum atomic E-state index is -0.377. The Morgan fingerprint density at radius 1 is 1.42 bits per heavy atom. The van der Waals surface area contributed by atoms with Crippen molar-refractivity contribution in [1.29, 1.82) is 0 Å². The van der Waals surface area contributed by atoms with Gasteiger partial charge < -0.3 is 10.6 Å². The first kappa shape index (κ1) is 10.9. The van der Waals surface area contributed by atoms with Crippen molar-refractivity contribution in [1.82, 2.24) is 10.6 Å². The molecular formula is C8H16N2O2. The van der Waals surface area contributed by atoms with Crippen molar-refractivity contribution in [2.24, 2.45) is 0 Å². The van der Waals surface area contributed by atoms with E-state index in [4.69, 9.17) is 0 Å². The van der Waals surface area contributed by atoms with Crippen LogP contribution in [-0.2, 0) is 9.59 Å². The molecule has 0 heterocycles. The third-order valence-electron chi connectivity index (χ3n) is 1.52. The molecule has 0 aromatic heterocycles. The number of nitrogens with one attached hydrogen (secondary N) is 2. The van der Waals surface area contributed by atoms with Gasteiger partial charge in [-0.05, 0) is 6.42 Å². The monoisotopic (exact) mass is 172 g/mol. The molecule has 0 aromatic rings. The van der Waals surface area contributed by atoms with E-state index in [1.807, 2.05) is 6.92 Å². The quantitative estimate of drug-likeness (QED) is 0.629. The summed E-state index contributed by atoms with van der Waals surface area (Å²) in [6, 6.07) is -0.377. The van der Waals surface area contributed by atoms with Crippen LogP contribution in [0, 0.1) is 0 Å². The van der Waals surface area contributed by atoms with Crippen molar-refractivity contribution in [2.45, 2.75) is 32.7 Å². The Morgan fingerprint density at radius 2 is 2.00 bits per heavy atom. The molecule has 0 aliphatic heterocycles. The second kappa shape index (κ2) is 5.57. The molecule has 12 heavy (non-hydrogen) atoms. The molecule has 70 valence electrons. The van der Waals surface area contributed by atoms with Crippen LogP contribution in [0.2, 0.25) is 0 Å². The zero-order valence-electron chi connectivity index (χ0n) is 7.81. The van der Waals surface area contributed by atoms with Crippen LogP contribution >= 0.6 is 0 Å². The molecule has 0 bridgehead atoms. The van der Waals surface area contributed by atoms with E-state index in [9.17, 15) is 9.59 Å². The third kappa shape index (κ3) is 3.95. The van der Waals surface area contributed by atoms with Crippen LogP contribution in [0.4, 0.5) is 0 Å². The molecule has 0 saturated carbocycles. The number of likely N-dealkylation sites (N-methyl/N-ethyl adjacent to an activating group) is 1. The summed E-state index contributed by atoms with van der Waals surface area (Å²) in [5, 5.41) is 5.08. The highest BCUT2D eigenvalue weighted by molar-refractivity contribution is 5.86. The fourth-order valence-electron chi connectivity index (χ4n) is 0.977. The predicted octanol–water partition coefficient (Wildman–Crippen LogP) is 0.0372. The van der Waals surface area contributed by atoms with E-state index in [2.05, 4.69) is 10.6 Å². The maximum Gasteiger partial charge on any atom is 0.242 e. The van der Waals surface area contributed by atoms with Gasteiger partial charge in [0.15, 0.2) is 0 Å². The molecule has 0 saturated heterocycles. The van der Waals surface area contributed by atoms with Crippen LogP contribution in [0.5, 0.6) is 0 Å². The second-order valence-electron chi connectivity index (χ2n) is 2.66. The van der Waals surface area contributed by atoms with E-state index in [1.54, 1.807) is 7.05 Å². The van der Waals surface area contributed by atoms with Crippen molar-refractivity contribution < 1.29 is 9.59 Å². The molecular weight excluding hydrogens is 156 g/mol. The van der Waals surface area contributed by atoms with E-state index in [1.165, 1.54) is 6.92 Å². The minimum absolute atomic E-state index is 0.132. The maximum atomic E-state index is 11.1. The number of amides is 2. The van der Waals surface area contributed by atoms with Crippen LogP contribution in [0.1, 0.15) is 26.7 Å². The van der Waals surface area contributed by atoms with Crippen LogP contribution in [-0.4, -0.2) is 24.9 Å². The Balaban J connectivity index is 4.02. The molecule has 0 radical (unpaired) electrons. The number of rotatable bonds is 4. The Kier molecular flexibility index (Phi) is 5.08. The summed E-state index contributed by atoms with van der Waals surface area (Å²) in [7, 11) is 1.56. The molecule has 2 N–H and O–H groups in total. The van der Waals surface area contributed by atoms with Crippen molar-refractivity contribution >= 4 is 11.8 Å². The Hall–Kier alpha value is -1.06. The summed E-state index contributed by atoms with van der Waals surface area (Å²) in [6.07, 6.45) is 1.55. The van der Waals surface area contributed by atoms with E-state index >= 15 is 0 Å². The first-order valence-corrected chi connectivity index (χ1v) is 4.10. The van der Waals surface area contributed by atoms with Gasteiger partial charge in [0.1, 0.15) is 6.04 Å². The molecule has 2 amide bonds. The van der Waals surface area contributed by atoms with Gasteiger partial charge in [0, 0.05) is 14.0 Å². The molecule has 0 aliphatic rings. The SMILES string of the molecule is CCC[C@H](NC(C)=O)C(=O)NC. The molecule has 0 fully saturated rings. The molecule has 1 atom stereocenters. The standard InChI is InChI=1S/C8H16N2O2/c1-4-5-7(8(12)9-3)10-6(2)11/h7H,4-5H2,1-3H3,(H,9,12)(H,10,11)/t7-/m0/s1. The molecule has 4 nitrogen and oxygen atoms in total. The zero-order valence-corrected chi connectivity index (χ0v) is 7.81. The lowest BCUT2D eigenvalue weighted by Crippen LogP contribution is -2.44. The van der Waals surface area contributed by atoms with Gasteiger partial charge in [-0.15, -0.1) is 0 Å². The molecule has 4 heteroatoms. The molecule has 0 aromatic carbocycles. The Morgan fingerprint density at radius 3 is 2.33 bits per heavy atom. The van der Waals surface area contributed by atoms with Crippen molar-refractivity contribution in [2.75, 3.05) is 7.05 Å². The predicted molar refractivity (Wildman–Crippen MR) is 46.6 cm³/mol. The lowest BCUT2D eigenvalue weighted by Gasteiger charge is -2.14. The fourth-order valence-corrected chi connectivity index (χ4v) is 0.977. The Labute approximate surface area is 72.7 Å². The van der Waals surface area contributed by atoms with Gasteiger partial charge in [-0.25, -0.2) is 0 Å². The third-order valence-corrected chi connectivity index (χ3v) is 1.52. The lowest BCUT2D eigenvalue weighted by molar-refractivity contribution is -0.127. The summed E-state index contributed by atoms with van der Waals surface area (Å²) in [4.78, 5) is 21.8. The van der Waals surface area contributed by atoms with Gasteiger partial charge in [-0.2, -0.15) is 0 Å². The molecule has 0 rings (SSSR count). The molecule has 0 aliphatic carbocycles. The average molecular weight is 172 g/mol. The van der Waals surface area contributed by atoms with Crippen molar-refractivity contribution in [3.8, 4) is 0 Å². The summed E-state index contributed by atoms with van der Waals surface area (Å²) in [5.74, 6) is -0.302. The van der Waals surface area contributed by atoms with Gasteiger partial charge in [0.2, 0.25) is 11.8 Å². The van der Waals surface area contributed by atoms with E-state index in [-0.39, 0.29) is 17.9 Å². The number of hydrogen-bond donors (Lipinski definition) is 2. The summed E-state index contributed by atoms with van der Waals surface area (Å²) >= 11 is 0. The highest BCUT2D eigenvalue weighted by atomic mass is 16.2. The van der Waals surface area contributed by atoms with E-state index < -0.39 is 0 Å². The van der Waals surface area contributed by atoms with Gasteiger partial charge in [0.05, 0.1) is 0 Å². The summed E-state index contributed by atoms with van der Waals surface area (Å²) < 4.78 is 0. The first-order valence-electron chi connectivity index (χ1n) is 4.10. The summed E-state index contributed by atoms with van der Waals surface area (Å²) in [6.45, 7) is 3.38. The lowest BCUT2D eigenvalue weighted by atomic mass is 10.1. The normalized spacial score (nSPS) is 11.9. The van der Waals surface area contributed by atoms with Crippen LogP contribution < -0.4 is 10.6 Å². The number of carbonyl (C=O) groups is 2. The van der Waals surface area contributed by atoms with Gasteiger partial charge in [0.25, 0.3) is 0 Å². The molecule has 0 spiro atoms. The van der Waals surface area contributed by atoms with Gasteiger partial charge in [-0.1, -0.05) is 13.3 Å². The average Bonchev–Trinajstić information content (AvgIpc) is 2.01. The van der Waals surface area contributed by atoms with Gasteiger partial charge >= 0.3 is 0 Å². The Bertz CT molecular complexity index is 168. The van der Waals surface area contributed by atoms with E-state index in [0.29, 0.717) is 6.42 Å². The fraction of sp³-hybridized carbons (Fsp3) is 0.750. The highest BCUT2D eigenvalue weighted by Crippen LogP contribution is 1.96. The first-order chi connectivity index (χ1) is 5.61. The topological polar surface area (TPSA) is 58.2 Å². The largest absolute Gasteiger partial charge is 0.357 e. The molecule has 0 unspecified atom stereocenters. The highest BCUT2D eigenvalue weighted by Gasteiger charge is 2.15. The second-order valence-corrected chi connectivity index (χ2v) is 2.66. The van der Waals surface area contributed by atoms with Crippen LogP contribution in [0.3, 0.4) is 0 Å². The maximum absolute atomic E-state index is 11.1. The number of carbonyl (C=O) groups excluding carboxylic acids is 2. The van der Waals surface area contributed by atoms with Gasteiger partial charge in [-0.3, -0.25) is 9.59 Å². The zero-order chi connectivity index (χ0) is 9.56. The van der Waals surface area contributed by atoms with Crippen molar-refractivity contribution in [3.05, 3.63) is 0 Å². The minimum Gasteiger partial charge on any atom is -0.357 e. The van der Waals surface area contributed by atoms with Crippen LogP contribution in [0.25, 0.3) is 0 Å². The van der Waals surface area contributed by atoms with Crippen molar-refractivity contribution in [3.63, 3.8) is 0 Å². The van der Waals surface area contributed by atoms with E-state index in [0.717, 1.165) is 6.42 Å². The smallest absolute Gasteiger partial charge is 0.242 e. The summed E-state index contributed by atoms with van der Waals surface area (Å²) in [5.41, 5.74) is 0. The van der Waals surface area contributed by atoms with Crippen LogP contribution in [0.15, 0.2) is 0 Å². The number of hydrogen-bond acceptors (Lipinski definition) is 2.